The van der Waals surface area contributed by atoms with Gasteiger partial charge in [-0.25, -0.2) is 4.79 Å². The Morgan fingerprint density at radius 1 is 1.37 bits per heavy atom. The van der Waals surface area contributed by atoms with E-state index in [2.05, 4.69) is 15.5 Å². The molecule has 1 atom stereocenters. The first-order chi connectivity index (χ1) is 8.84. The van der Waals surface area contributed by atoms with Crippen molar-refractivity contribution in [2.24, 2.45) is 5.92 Å². The van der Waals surface area contributed by atoms with Gasteiger partial charge in [0.2, 0.25) is 0 Å². The van der Waals surface area contributed by atoms with Crippen LogP contribution < -0.4 is 5.32 Å². The molecule has 1 heterocycles. The Labute approximate surface area is 111 Å². The summed E-state index contributed by atoms with van der Waals surface area (Å²) in [5.41, 5.74) is 0.284. The Morgan fingerprint density at radius 2 is 2.00 bits per heavy atom. The van der Waals surface area contributed by atoms with Gasteiger partial charge in [-0.3, -0.25) is 4.79 Å². The number of amides is 1. The van der Waals surface area contributed by atoms with Gasteiger partial charge >= 0.3 is 5.97 Å². The van der Waals surface area contributed by atoms with E-state index in [0.29, 0.717) is 17.0 Å². The van der Waals surface area contributed by atoms with E-state index in [4.69, 9.17) is 0 Å². The van der Waals surface area contributed by atoms with Crippen LogP contribution in [0, 0.1) is 19.8 Å². The summed E-state index contributed by atoms with van der Waals surface area (Å²) in [4.78, 5) is 23.6. The quantitative estimate of drug-likeness (QED) is 0.848. The van der Waals surface area contributed by atoms with E-state index in [1.807, 2.05) is 0 Å². The minimum Gasteiger partial charge on any atom is -0.480 e. The van der Waals surface area contributed by atoms with Gasteiger partial charge in [0.15, 0.2) is 0 Å². The van der Waals surface area contributed by atoms with Crippen molar-refractivity contribution in [3.8, 4) is 0 Å². The number of nitrogens with zero attached hydrogens (tertiary/aromatic N) is 2. The molecule has 6 nitrogen and oxygen atoms in total. The van der Waals surface area contributed by atoms with E-state index in [1.165, 1.54) is 0 Å². The highest BCUT2D eigenvalue weighted by Gasteiger charge is 2.48. The van der Waals surface area contributed by atoms with Crippen molar-refractivity contribution in [1.29, 1.82) is 0 Å². The number of aromatic nitrogens is 2. The predicted molar refractivity (Wildman–Crippen MR) is 67.7 cm³/mol. The molecule has 0 bridgehead atoms. The minimum atomic E-state index is -1.21. The van der Waals surface area contributed by atoms with Gasteiger partial charge in [0.25, 0.3) is 5.91 Å². The third-order valence-corrected chi connectivity index (χ3v) is 3.56. The second kappa shape index (κ2) is 4.60. The first kappa shape index (κ1) is 13.5. The van der Waals surface area contributed by atoms with Crippen molar-refractivity contribution in [2.75, 3.05) is 0 Å². The molecule has 1 aliphatic rings. The Balaban J connectivity index is 2.25. The van der Waals surface area contributed by atoms with Crippen molar-refractivity contribution in [3.05, 3.63) is 23.0 Å². The number of rotatable bonds is 4. The number of aryl methyl sites for hydroxylation is 2. The maximum atomic E-state index is 12.2. The Hall–Kier alpha value is -1.98. The molecule has 1 aromatic rings. The maximum absolute atomic E-state index is 12.2. The molecule has 19 heavy (non-hydrogen) atoms. The molecule has 0 saturated heterocycles. The second-order valence-corrected chi connectivity index (χ2v) is 5.22. The molecular formula is C13H17N3O3. The normalized spacial score (nSPS) is 17.6. The third-order valence-electron chi connectivity index (χ3n) is 3.56. The summed E-state index contributed by atoms with van der Waals surface area (Å²) in [5, 5.41) is 19.7. The number of aliphatic carboxylic acids is 1. The van der Waals surface area contributed by atoms with Gasteiger partial charge in [0.1, 0.15) is 5.54 Å². The van der Waals surface area contributed by atoms with E-state index < -0.39 is 17.4 Å². The fraction of sp³-hybridized carbons (Fsp3) is 0.538. The molecule has 1 saturated carbocycles. The molecule has 1 unspecified atom stereocenters. The smallest absolute Gasteiger partial charge is 0.329 e. The topological polar surface area (TPSA) is 92.2 Å². The van der Waals surface area contributed by atoms with Gasteiger partial charge < -0.3 is 10.4 Å². The zero-order valence-electron chi connectivity index (χ0n) is 11.2. The van der Waals surface area contributed by atoms with Gasteiger partial charge in [-0.05, 0) is 45.6 Å². The van der Waals surface area contributed by atoms with Crippen molar-refractivity contribution in [3.63, 3.8) is 0 Å². The molecular weight excluding hydrogens is 246 g/mol. The number of nitrogens with one attached hydrogen (secondary N) is 1. The highest BCUT2D eigenvalue weighted by Crippen LogP contribution is 2.39. The summed E-state index contributed by atoms with van der Waals surface area (Å²) in [6.45, 7) is 4.97. The fourth-order valence-electron chi connectivity index (χ4n) is 2.07. The van der Waals surface area contributed by atoms with Crippen LogP contribution in [0.25, 0.3) is 0 Å². The number of carboxylic acids is 1. The molecule has 0 aromatic carbocycles. The summed E-state index contributed by atoms with van der Waals surface area (Å²) < 4.78 is 0. The van der Waals surface area contributed by atoms with Crippen molar-refractivity contribution < 1.29 is 14.7 Å². The molecule has 1 amide bonds. The zero-order valence-corrected chi connectivity index (χ0v) is 11.2. The van der Waals surface area contributed by atoms with Gasteiger partial charge in [-0.2, -0.15) is 10.2 Å². The molecule has 1 fully saturated rings. The van der Waals surface area contributed by atoms with Crippen LogP contribution in [-0.2, 0) is 4.79 Å². The Kier molecular flexibility index (Phi) is 3.26. The molecule has 1 aliphatic carbocycles. The monoisotopic (exact) mass is 263 g/mol. The highest BCUT2D eigenvalue weighted by molar-refractivity contribution is 5.98. The number of hydrogen-bond acceptors (Lipinski definition) is 4. The predicted octanol–water partition coefficient (Wildman–Crippen LogP) is 1.08. The summed E-state index contributed by atoms with van der Waals surface area (Å²) in [5.74, 6) is -1.41. The van der Waals surface area contributed by atoms with Crippen LogP contribution in [0.2, 0.25) is 0 Å². The molecule has 0 radical (unpaired) electrons. The van der Waals surface area contributed by atoms with Crippen LogP contribution >= 0.6 is 0 Å². The Morgan fingerprint density at radius 3 is 2.53 bits per heavy atom. The summed E-state index contributed by atoms with van der Waals surface area (Å²) in [6.07, 6.45) is 1.66. The average molecular weight is 263 g/mol. The van der Waals surface area contributed by atoms with Gasteiger partial charge in [0, 0.05) is 0 Å². The van der Waals surface area contributed by atoms with E-state index in [0.717, 1.165) is 12.8 Å². The lowest BCUT2D eigenvalue weighted by Gasteiger charge is -2.26. The molecule has 1 aromatic heterocycles. The van der Waals surface area contributed by atoms with Gasteiger partial charge in [-0.15, -0.1) is 0 Å². The highest BCUT2D eigenvalue weighted by atomic mass is 16.4. The van der Waals surface area contributed by atoms with E-state index in [-0.39, 0.29) is 5.92 Å². The molecule has 0 spiro atoms. The van der Waals surface area contributed by atoms with Crippen molar-refractivity contribution >= 4 is 11.9 Å². The first-order valence-electron chi connectivity index (χ1n) is 6.21. The van der Waals surface area contributed by atoms with Gasteiger partial charge in [-0.1, -0.05) is 0 Å². The van der Waals surface area contributed by atoms with E-state index in [1.54, 1.807) is 26.8 Å². The molecule has 6 heteroatoms. The van der Waals surface area contributed by atoms with Crippen LogP contribution in [0.15, 0.2) is 6.07 Å². The standard InChI is InChI=1S/C13H17N3O3/c1-7-6-10(8(2)16-15-7)11(17)14-13(3,12(18)19)9-4-5-9/h6,9H,4-5H2,1-3H3,(H,14,17)(H,18,19). The van der Waals surface area contributed by atoms with Crippen LogP contribution in [-0.4, -0.2) is 32.7 Å². The third kappa shape index (κ3) is 2.57. The summed E-state index contributed by atoms with van der Waals surface area (Å²) in [6, 6.07) is 1.62. The SMILES string of the molecule is Cc1cc(C(=O)NC(C)(C(=O)O)C2CC2)c(C)nn1. The molecule has 0 aliphatic heterocycles. The van der Waals surface area contributed by atoms with Crippen LogP contribution in [0.3, 0.4) is 0 Å². The minimum absolute atomic E-state index is 0.00477. The second-order valence-electron chi connectivity index (χ2n) is 5.22. The van der Waals surface area contributed by atoms with Crippen LogP contribution in [0.1, 0.15) is 41.5 Å². The van der Waals surface area contributed by atoms with Crippen LogP contribution in [0.4, 0.5) is 0 Å². The largest absolute Gasteiger partial charge is 0.480 e. The summed E-state index contributed by atoms with van der Waals surface area (Å²) in [7, 11) is 0. The number of carboxylic acid groups (broad SMARTS) is 1. The molecule has 102 valence electrons. The lowest BCUT2D eigenvalue weighted by molar-refractivity contribution is -0.144. The average Bonchev–Trinajstić information content (AvgIpc) is 3.16. The maximum Gasteiger partial charge on any atom is 0.329 e. The molecule has 2 rings (SSSR count). The first-order valence-corrected chi connectivity index (χ1v) is 6.21. The zero-order chi connectivity index (χ0) is 14.2. The van der Waals surface area contributed by atoms with E-state index >= 15 is 0 Å². The van der Waals surface area contributed by atoms with E-state index in [9.17, 15) is 14.7 Å². The lowest BCUT2D eigenvalue weighted by Crippen LogP contribution is -2.54. The Bertz CT molecular complexity index is 540. The van der Waals surface area contributed by atoms with Crippen molar-refractivity contribution in [2.45, 2.75) is 39.2 Å². The van der Waals surface area contributed by atoms with Crippen LogP contribution in [0.5, 0.6) is 0 Å². The number of carbonyl (C=O) groups excluding carboxylic acids is 1. The fourth-order valence-corrected chi connectivity index (χ4v) is 2.07. The lowest BCUT2D eigenvalue weighted by atomic mass is 9.95. The number of carbonyl (C=O) groups is 2. The number of hydrogen-bond donors (Lipinski definition) is 2. The van der Waals surface area contributed by atoms with Crippen molar-refractivity contribution in [1.82, 2.24) is 15.5 Å². The summed E-state index contributed by atoms with van der Waals surface area (Å²) >= 11 is 0. The van der Waals surface area contributed by atoms with Gasteiger partial charge in [0.05, 0.1) is 17.0 Å². The molecule has 2 N–H and O–H groups in total.